The number of hydrogen-bond acceptors (Lipinski definition) is 8. The number of hydrazone groups is 1. The first-order valence-corrected chi connectivity index (χ1v) is 10.3. The van der Waals surface area contributed by atoms with Crippen LogP contribution in [0.3, 0.4) is 0 Å². The van der Waals surface area contributed by atoms with Gasteiger partial charge in [-0.2, -0.15) is 5.10 Å². The SMILES string of the molecule is C/C(=N\Nc1nnc(SCC(=O)Nc2cc(C)ccc2C)n1N)c1cccs1. The molecule has 146 valence electrons. The number of carbonyl (C=O) groups excluding carboxylic acids is 1. The molecular weight excluding hydrogens is 394 g/mol. The number of hydrogen-bond donors (Lipinski definition) is 3. The predicted octanol–water partition coefficient (Wildman–Crippen LogP) is 3.24. The lowest BCUT2D eigenvalue weighted by molar-refractivity contribution is -0.113. The third-order valence-corrected chi connectivity index (χ3v) is 5.79. The summed E-state index contributed by atoms with van der Waals surface area (Å²) in [4.78, 5) is 13.3. The number of carbonyl (C=O) groups is 1. The molecule has 0 unspecified atom stereocenters. The number of benzene rings is 1. The molecule has 28 heavy (non-hydrogen) atoms. The largest absolute Gasteiger partial charge is 0.334 e. The van der Waals surface area contributed by atoms with Crippen molar-refractivity contribution in [1.82, 2.24) is 14.9 Å². The van der Waals surface area contributed by atoms with E-state index in [1.165, 1.54) is 16.4 Å². The van der Waals surface area contributed by atoms with Crippen molar-refractivity contribution in [3.63, 3.8) is 0 Å². The maximum atomic E-state index is 12.2. The lowest BCUT2D eigenvalue weighted by atomic mass is 10.1. The van der Waals surface area contributed by atoms with Crippen LogP contribution < -0.4 is 16.6 Å². The zero-order valence-corrected chi connectivity index (χ0v) is 17.4. The van der Waals surface area contributed by atoms with E-state index < -0.39 is 0 Å². The van der Waals surface area contributed by atoms with E-state index in [0.29, 0.717) is 11.1 Å². The second-order valence-electron chi connectivity index (χ2n) is 6.12. The number of rotatable bonds is 7. The molecule has 0 fully saturated rings. The number of aromatic nitrogens is 3. The number of thioether (sulfide) groups is 1. The summed E-state index contributed by atoms with van der Waals surface area (Å²) in [5.41, 5.74) is 6.53. The van der Waals surface area contributed by atoms with E-state index in [-0.39, 0.29) is 11.7 Å². The molecule has 0 atom stereocenters. The molecule has 4 N–H and O–H groups in total. The van der Waals surface area contributed by atoms with Crippen molar-refractivity contribution in [2.75, 3.05) is 22.3 Å². The molecule has 0 spiro atoms. The highest BCUT2D eigenvalue weighted by Gasteiger charge is 2.13. The fraction of sp³-hybridized carbons (Fsp3) is 0.222. The molecule has 1 amide bonds. The molecule has 0 radical (unpaired) electrons. The first kappa shape index (κ1) is 19.9. The van der Waals surface area contributed by atoms with Crippen LogP contribution in [0.1, 0.15) is 22.9 Å². The molecule has 10 heteroatoms. The van der Waals surface area contributed by atoms with E-state index in [9.17, 15) is 4.79 Å². The molecule has 3 aromatic rings. The molecule has 0 saturated heterocycles. The van der Waals surface area contributed by atoms with Gasteiger partial charge in [-0.25, -0.2) is 10.1 Å². The molecule has 2 heterocycles. The highest BCUT2D eigenvalue weighted by molar-refractivity contribution is 7.99. The summed E-state index contributed by atoms with van der Waals surface area (Å²) in [6, 6.07) is 9.87. The molecule has 1 aromatic carbocycles. The van der Waals surface area contributed by atoms with Gasteiger partial charge in [-0.05, 0) is 49.4 Å². The number of thiophene rings is 1. The lowest BCUT2D eigenvalue weighted by Gasteiger charge is -2.09. The Kier molecular flexibility index (Phi) is 6.32. The number of anilines is 2. The average Bonchev–Trinajstić information content (AvgIpc) is 3.32. The van der Waals surface area contributed by atoms with Crippen LogP contribution in [0.25, 0.3) is 0 Å². The average molecular weight is 416 g/mol. The molecule has 3 rings (SSSR count). The number of nitrogens with zero attached hydrogens (tertiary/aromatic N) is 4. The highest BCUT2D eigenvalue weighted by Crippen LogP contribution is 2.20. The van der Waals surface area contributed by atoms with E-state index >= 15 is 0 Å². The Morgan fingerprint density at radius 2 is 2.14 bits per heavy atom. The topological polar surface area (TPSA) is 110 Å². The second-order valence-corrected chi connectivity index (χ2v) is 8.01. The third kappa shape index (κ3) is 4.90. The van der Waals surface area contributed by atoms with Crippen molar-refractivity contribution in [2.24, 2.45) is 5.10 Å². The van der Waals surface area contributed by atoms with Gasteiger partial charge in [0.05, 0.1) is 11.5 Å². The van der Waals surface area contributed by atoms with Crippen LogP contribution in [0.4, 0.5) is 11.6 Å². The molecule has 0 aliphatic heterocycles. The van der Waals surface area contributed by atoms with Crippen LogP contribution in [0.2, 0.25) is 0 Å². The van der Waals surface area contributed by atoms with Gasteiger partial charge in [0.2, 0.25) is 11.1 Å². The van der Waals surface area contributed by atoms with Crippen LogP contribution in [0.15, 0.2) is 46.0 Å². The summed E-state index contributed by atoms with van der Waals surface area (Å²) in [5, 5.41) is 17.6. The summed E-state index contributed by atoms with van der Waals surface area (Å²) < 4.78 is 1.28. The molecule has 0 bridgehead atoms. The van der Waals surface area contributed by atoms with Crippen molar-refractivity contribution in [2.45, 2.75) is 25.9 Å². The van der Waals surface area contributed by atoms with Crippen molar-refractivity contribution >= 4 is 46.4 Å². The first-order valence-electron chi connectivity index (χ1n) is 8.48. The van der Waals surface area contributed by atoms with Gasteiger partial charge < -0.3 is 11.2 Å². The smallest absolute Gasteiger partial charge is 0.264 e. The Hall–Kier alpha value is -2.85. The lowest BCUT2D eigenvalue weighted by Crippen LogP contribution is -2.17. The minimum Gasteiger partial charge on any atom is -0.334 e. The van der Waals surface area contributed by atoms with Crippen molar-refractivity contribution < 1.29 is 4.79 Å². The number of nitrogens with one attached hydrogen (secondary N) is 2. The molecule has 0 aliphatic rings. The minimum absolute atomic E-state index is 0.136. The normalized spacial score (nSPS) is 11.5. The van der Waals surface area contributed by atoms with E-state index in [1.807, 2.05) is 56.5 Å². The van der Waals surface area contributed by atoms with Gasteiger partial charge in [0, 0.05) is 10.6 Å². The summed E-state index contributed by atoms with van der Waals surface area (Å²) in [6.07, 6.45) is 0. The highest BCUT2D eigenvalue weighted by atomic mass is 32.2. The standard InChI is InChI=1S/C18H21N7OS2/c1-11-6-7-12(2)14(9-11)20-16(26)10-28-18-24-23-17(25(18)19)22-21-13(3)15-5-4-8-27-15/h4-9H,10,19H2,1-3H3,(H,20,26)(H,22,23)/b21-13+. The van der Waals surface area contributed by atoms with Gasteiger partial charge in [-0.1, -0.05) is 30.0 Å². The second kappa shape index (κ2) is 8.89. The maximum Gasteiger partial charge on any atom is 0.264 e. The fourth-order valence-electron chi connectivity index (χ4n) is 2.31. The van der Waals surface area contributed by atoms with Gasteiger partial charge in [-0.3, -0.25) is 4.79 Å². The number of nitrogen functional groups attached to an aromatic ring is 1. The maximum absolute atomic E-state index is 12.2. The Bertz CT molecular complexity index is 996. The summed E-state index contributed by atoms with van der Waals surface area (Å²) in [6.45, 7) is 5.83. The first-order chi connectivity index (χ1) is 13.4. The van der Waals surface area contributed by atoms with Gasteiger partial charge in [0.15, 0.2) is 0 Å². The Balaban J connectivity index is 1.57. The van der Waals surface area contributed by atoms with Crippen LogP contribution in [-0.2, 0) is 4.79 Å². The van der Waals surface area contributed by atoms with E-state index in [0.717, 1.165) is 27.4 Å². The Morgan fingerprint density at radius 3 is 2.89 bits per heavy atom. The monoisotopic (exact) mass is 415 g/mol. The van der Waals surface area contributed by atoms with E-state index in [2.05, 4.69) is 26.0 Å². The van der Waals surface area contributed by atoms with Crippen molar-refractivity contribution in [3.8, 4) is 0 Å². The number of amides is 1. The number of aryl methyl sites for hydroxylation is 2. The fourth-order valence-corrected chi connectivity index (χ4v) is 3.65. The zero-order chi connectivity index (χ0) is 20.1. The summed E-state index contributed by atoms with van der Waals surface area (Å²) in [5.74, 6) is 6.33. The zero-order valence-electron chi connectivity index (χ0n) is 15.8. The summed E-state index contributed by atoms with van der Waals surface area (Å²) in [7, 11) is 0. The molecule has 0 aliphatic carbocycles. The predicted molar refractivity (Wildman–Crippen MR) is 116 cm³/mol. The van der Waals surface area contributed by atoms with Gasteiger partial charge in [0.25, 0.3) is 5.95 Å². The third-order valence-electron chi connectivity index (χ3n) is 3.87. The Morgan fingerprint density at radius 1 is 1.32 bits per heavy atom. The molecule has 8 nitrogen and oxygen atoms in total. The van der Waals surface area contributed by atoms with Gasteiger partial charge >= 0.3 is 0 Å². The molecular formula is C18H21N7OS2. The quantitative estimate of drug-likeness (QED) is 0.236. The van der Waals surface area contributed by atoms with Crippen LogP contribution in [-0.4, -0.2) is 32.2 Å². The number of nitrogens with two attached hydrogens (primary N) is 1. The molecule has 2 aromatic heterocycles. The Labute approximate surface area is 171 Å². The van der Waals surface area contributed by atoms with E-state index in [4.69, 9.17) is 5.84 Å². The van der Waals surface area contributed by atoms with Gasteiger partial charge in [0.1, 0.15) is 0 Å². The summed E-state index contributed by atoms with van der Waals surface area (Å²) >= 11 is 2.80. The van der Waals surface area contributed by atoms with Crippen LogP contribution in [0, 0.1) is 13.8 Å². The van der Waals surface area contributed by atoms with Crippen LogP contribution in [0.5, 0.6) is 0 Å². The van der Waals surface area contributed by atoms with Crippen LogP contribution >= 0.6 is 23.1 Å². The van der Waals surface area contributed by atoms with E-state index in [1.54, 1.807) is 11.3 Å². The van der Waals surface area contributed by atoms with Crippen molar-refractivity contribution in [3.05, 3.63) is 51.7 Å². The minimum atomic E-state index is -0.136. The van der Waals surface area contributed by atoms with Gasteiger partial charge in [-0.15, -0.1) is 21.5 Å². The van der Waals surface area contributed by atoms with Crippen molar-refractivity contribution in [1.29, 1.82) is 0 Å². The molecule has 0 saturated carbocycles.